The van der Waals surface area contributed by atoms with E-state index in [1.54, 1.807) is 33.8 Å². The molecule has 0 fully saturated rings. The van der Waals surface area contributed by atoms with Crippen LogP contribution in [-0.4, -0.2) is 53.1 Å². The fourth-order valence-corrected chi connectivity index (χ4v) is 6.99. The van der Waals surface area contributed by atoms with Crippen LogP contribution in [0.2, 0.25) is 0 Å². The van der Waals surface area contributed by atoms with Crippen LogP contribution in [0.1, 0.15) is 104 Å². The van der Waals surface area contributed by atoms with E-state index in [1.165, 1.54) is 14.0 Å². The molecule has 10 atom stereocenters. The van der Waals surface area contributed by atoms with Crippen molar-refractivity contribution in [3.63, 3.8) is 0 Å². The van der Waals surface area contributed by atoms with Crippen LogP contribution < -0.4 is 5.11 Å². The Labute approximate surface area is 257 Å². The van der Waals surface area contributed by atoms with Crippen LogP contribution in [0.3, 0.4) is 0 Å². The molecule has 0 bridgehead atoms. The highest BCUT2D eigenvalue weighted by molar-refractivity contribution is 5.73. The van der Waals surface area contributed by atoms with Crippen molar-refractivity contribution in [3.8, 4) is 0 Å². The van der Waals surface area contributed by atoms with Gasteiger partial charge in [0.15, 0.2) is 0 Å². The highest BCUT2D eigenvalue weighted by Crippen LogP contribution is 2.64. The van der Waals surface area contributed by atoms with E-state index < -0.39 is 88.0 Å². The van der Waals surface area contributed by atoms with Gasteiger partial charge >= 0.3 is 5.97 Å². The van der Waals surface area contributed by atoms with Gasteiger partial charge in [-0.25, -0.2) is 0 Å². The quantitative estimate of drug-likeness (QED) is 0.313. The van der Waals surface area contributed by atoms with Crippen molar-refractivity contribution in [2.24, 2.45) is 51.7 Å². The summed E-state index contributed by atoms with van der Waals surface area (Å²) in [6, 6.07) is 0. The predicted octanol–water partition coefficient (Wildman–Crippen LogP) is 4.94. The maximum absolute atomic E-state index is 13.8. The second kappa shape index (κ2) is 12.5. The lowest BCUT2D eigenvalue weighted by atomic mass is 9.44. The van der Waals surface area contributed by atoms with Crippen molar-refractivity contribution in [3.05, 3.63) is 23.8 Å². The minimum absolute atomic E-state index is 0.202. The van der Waals surface area contributed by atoms with Gasteiger partial charge in [-0.1, -0.05) is 94.4 Å². The zero-order valence-corrected chi connectivity index (χ0v) is 27.3. The van der Waals surface area contributed by atoms with E-state index in [-0.39, 0.29) is 5.92 Å². The van der Waals surface area contributed by atoms with Gasteiger partial charge in [0.1, 0.15) is 5.60 Å². The number of carboxylic acids is 1. The van der Waals surface area contributed by atoms with Gasteiger partial charge in [-0.2, -0.15) is 0 Å². The van der Waals surface area contributed by atoms with Crippen molar-refractivity contribution in [1.29, 1.82) is 0 Å². The molecule has 41 heavy (non-hydrogen) atoms. The Balaban J connectivity index is 2.96. The number of hydrogen-bond donors (Lipinski definition) is 2. The second-order valence-corrected chi connectivity index (χ2v) is 13.9. The van der Waals surface area contributed by atoms with E-state index in [1.807, 2.05) is 39.8 Å². The Bertz CT molecular complexity index is 1290. The third-order valence-corrected chi connectivity index (χ3v) is 10.0. The van der Waals surface area contributed by atoms with Crippen molar-refractivity contribution in [2.75, 3.05) is 7.11 Å². The molecule has 0 amide bonds. The first-order chi connectivity index (χ1) is 20.7. The van der Waals surface area contributed by atoms with E-state index in [2.05, 4.69) is 0 Å². The topological polar surface area (TPSA) is 116 Å². The van der Waals surface area contributed by atoms with Crippen molar-refractivity contribution in [1.82, 2.24) is 0 Å². The monoisotopic (exact) mass is 583 g/mol. The summed E-state index contributed by atoms with van der Waals surface area (Å²) in [5.74, 6) is -10.2. The molecule has 2 N–H and O–H groups in total. The number of allylic oxidation sites excluding steroid dienone is 2. The Morgan fingerprint density at radius 1 is 1.15 bits per heavy atom. The first-order valence-corrected chi connectivity index (χ1v) is 14.6. The molecular formula is C34H57O7-. The SMILES string of the molecule is [2H]C(C)([C@H]1[C@@H](C)C=CC2=C[C@H](OC)C(C)(C)[C@](C)(OC(=O)[C@@H](C)CC(C)C)[C@@]21C)C([2H])([2H])[C@@]([2H])(O)C(C)(C)[C@@]([2H])(O)C([2H])(C)C(=O)[O-]. The van der Waals surface area contributed by atoms with Crippen molar-refractivity contribution >= 4 is 11.9 Å². The fourth-order valence-electron chi connectivity index (χ4n) is 6.99. The van der Waals surface area contributed by atoms with E-state index in [0.29, 0.717) is 18.9 Å². The average Bonchev–Trinajstić information content (AvgIpc) is 2.90. The molecule has 0 radical (unpaired) electrons. The molecule has 0 saturated carbocycles. The molecule has 2 aliphatic rings. The number of aliphatic hydroxyl groups is 2. The van der Waals surface area contributed by atoms with Gasteiger partial charge in [-0.15, -0.1) is 0 Å². The van der Waals surface area contributed by atoms with Crippen LogP contribution in [0.4, 0.5) is 0 Å². The second-order valence-electron chi connectivity index (χ2n) is 13.9. The molecule has 7 nitrogen and oxygen atoms in total. The molecule has 0 heterocycles. The molecule has 0 saturated heterocycles. The first-order valence-electron chi connectivity index (χ1n) is 17.6. The average molecular weight is 584 g/mol. The number of esters is 1. The normalized spacial score (nSPS) is 38.8. The predicted molar refractivity (Wildman–Crippen MR) is 159 cm³/mol. The third-order valence-electron chi connectivity index (χ3n) is 10.0. The Morgan fingerprint density at radius 3 is 2.20 bits per heavy atom. The minimum atomic E-state index is -3.54. The van der Waals surface area contributed by atoms with Gasteiger partial charge in [-0.3, -0.25) is 4.79 Å². The summed E-state index contributed by atoms with van der Waals surface area (Å²) in [5.41, 5.74) is -5.85. The summed E-state index contributed by atoms with van der Waals surface area (Å²) in [6.45, 7) is 18.5. The van der Waals surface area contributed by atoms with Gasteiger partial charge in [0, 0.05) is 40.7 Å². The number of fused-ring (bicyclic) bond motifs is 1. The molecule has 0 aromatic rings. The summed E-state index contributed by atoms with van der Waals surface area (Å²) in [4.78, 5) is 25.7. The molecule has 2 aliphatic carbocycles. The van der Waals surface area contributed by atoms with Crippen LogP contribution in [-0.2, 0) is 19.1 Å². The van der Waals surface area contributed by atoms with E-state index in [0.717, 1.165) is 13.8 Å². The first kappa shape index (κ1) is 26.9. The van der Waals surface area contributed by atoms with Crippen LogP contribution in [0.5, 0.6) is 0 Å². The smallest absolute Gasteiger partial charge is 0.309 e. The number of carbonyl (C=O) groups excluding carboxylic acids is 2. The molecule has 236 valence electrons. The van der Waals surface area contributed by atoms with E-state index >= 15 is 0 Å². The summed E-state index contributed by atoms with van der Waals surface area (Å²) < 4.78 is 66.8. The Kier molecular flexibility index (Phi) is 8.20. The fraction of sp³-hybridized carbons (Fsp3) is 0.824. The summed E-state index contributed by atoms with van der Waals surface area (Å²) in [7, 11) is 1.53. The Morgan fingerprint density at radius 2 is 1.71 bits per heavy atom. The van der Waals surface area contributed by atoms with Crippen LogP contribution in [0, 0.1) is 51.7 Å². The standard InChI is InChI=1S/C34H58O7/c1-19(2)16-22(5)30(39)41-34(12)32(9,10)26(40-13)18-24-15-14-20(3)27(33(24,34)11)21(4)17-25(35)31(7,8)28(36)23(6)29(37)38/h14-15,18-23,25-28,35-36H,16-17H2,1-13H3,(H,37,38)/p-1/t20-,21?,22-,23?,25+,26-,27+,28-,33-,34-/m0/s1/i17D2,21D,23D,25D,28D. The molecule has 7 heteroatoms. The summed E-state index contributed by atoms with van der Waals surface area (Å²) in [5, 5.41) is 34.9. The molecule has 2 rings (SSSR count). The van der Waals surface area contributed by atoms with Gasteiger partial charge < -0.3 is 29.6 Å². The third kappa shape index (κ3) is 6.19. The van der Waals surface area contributed by atoms with E-state index in [4.69, 9.17) is 13.6 Å². The maximum Gasteiger partial charge on any atom is 0.309 e. The molecule has 0 aromatic heterocycles. The van der Waals surface area contributed by atoms with Gasteiger partial charge in [0.2, 0.25) is 0 Å². The zero-order valence-electron chi connectivity index (χ0n) is 33.3. The highest BCUT2D eigenvalue weighted by Gasteiger charge is 2.67. The van der Waals surface area contributed by atoms with Gasteiger partial charge in [-0.05, 0) is 48.9 Å². The molecule has 0 spiro atoms. The summed E-state index contributed by atoms with van der Waals surface area (Å²) in [6.07, 6.45) is -4.87. The van der Waals surface area contributed by atoms with Gasteiger partial charge in [0.05, 0.1) is 26.9 Å². The highest BCUT2D eigenvalue weighted by atomic mass is 16.6. The Hall–Kier alpha value is -1.70. The summed E-state index contributed by atoms with van der Waals surface area (Å²) >= 11 is 0. The van der Waals surface area contributed by atoms with Crippen molar-refractivity contribution in [2.45, 2.75) is 120 Å². The van der Waals surface area contributed by atoms with E-state index in [9.17, 15) is 29.0 Å². The molecule has 2 unspecified atom stereocenters. The number of carboxylic acid groups (broad SMARTS) is 1. The van der Waals surface area contributed by atoms with Crippen molar-refractivity contribution < 1.29 is 42.6 Å². The molecule has 0 aliphatic heterocycles. The number of aliphatic carboxylic acids is 1. The largest absolute Gasteiger partial charge is 0.550 e. The number of hydrogen-bond acceptors (Lipinski definition) is 7. The molecular weight excluding hydrogens is 520 g/mol. The molecule has 0 aromatic carbocycles. The van der Waals surface area contributed by atoms with Gasteiger partial charge in [0.25, 0.3) is 0 Å². The number of carbonyl (C=O) groups is 2. The number of methoxy groups -OCH3 is 1. The lowest BCUT2D eigenvalue weighted by Crippen LogP contribution is -2.68. The lowest BCUT2D eigenvalue weighted by molar-refractivity contribution is -0.315. The lowest BCUT2D eigenvalue weighted by Gasteiger charge is -2.64. The number of ether oxygens (including phenoxy) is 2. The van der Waals surface area contributed by atoms with Crippen LogP contribution in [0.15, 0.2) is 23.8 Å². The minimum Gasteiger partial charge on any atom is -0.550 e. The maximum atomic E-state index is 13.8. The van der Waals surface area contributed by atoms with Crippen LogP contribution in [0.25, 0.3) is 0 Å². The number of rotatable bonds is 12. The zero-order chi connectivity index (χ0) is 37.4. The van der Waals surface area contributed by atoms with Crippen LogP contribution >= 0.6 is 0 Å².